The average Bonchev–Trinajstić information content (AvgIpc) is 2.68. The number of carbonyl (C=O) groups is 1. The van der Waals surface area contributed by atoms with Gasteiger partial charge in [0, 0.05) is 10.9 Å². The van der Waals surface area contributed by atoms with Crippen molar-refractivity contribution in [3.63, 3.8) is 0 Å². The third kappa shape index (κ3) is 4.78. The van der Waals surface area contributed by atoms with Crippen LogP contribution in [0.4, 0.5) is 0 Å². The summed E-state index contributed by atoms with van der Waals surface area (Å²) in [6, 6.07) is 13.2. The highest BCUT2D eigenvalue weighted by Crippen LogP contribution is 2.23. The Kier molecular flexibility index (Phi) is 6.11. The Hall–Kier alpha value is -3.12. The number of ether oxygens (including phenoxy) is 2. The second kappa shape index (κ2) is 8.71. The fourth-order valence-electron chi connectivity index (χ4n) is 2.58. The van der Waals surface area contributed by atoms with Crippen molar-refractivity contribution in [2.45, 2.75) is 13.8 Å². The van der Waals surface area contributed by atoms with Gasteiger partial charge in [0.1, 0.15) is 16.7 Å². The van der Waals surface area contributed by atoms with Crippen LogP contribution in [0.25, 0.3) is 10.9 Å². The van der Waals surface area contributed by atoms with Crippen LogP contribution in [0.1, 0.15) is 16.7 Å². The second-order valence-corrected chi connectivity index (χ2v) is 6.64. The number of halogens is 1. The quantitative estimate of drug-likeness (QED) is 0.387. The predicted octanol–water partition coefficient (Wildman–Crippen LogP) is 4.04. The lowest BCUT2D eigenvalue weighted by atomic mass is 10.1. The summed E-state index contributed by atoms with van der Waals surface area (Å²) in [7, 11) is 1.60. The zero-order valence-electron chi connectivity index (χ0n) is 15.8. The minimum Gasteiger partial charge on any atom is -0.497 e. The molecule has 0 bridgehead atoms. The predicted molar refractivity (Wildman–Crippen MR) is 110 cm³/mol. The number of rotatable bonds is 6. The van der Waals surface area contributed by atoms with Crippen molar-refractivity contribution in [2.75, 3.05) is 13.7 Å². The van der Waals surface area contributed by atoms with Gasteiger partial charge in [0.2, 0.25) is 0 Å². The molecule has 0 radical (unpaired) electrons. The highest BCUT2D eigenvalue weighted by molar-refractivity contribution is 6.32. The van der Waals surface area contributed by atoms with Crippen LogP contribution in [0.5, 0.6) is 11.5 Å². The van der Waals surface area contributed by atoms with Gasteiger partial charge in [-0.2, -0.15) is 5.10 Å². The fraction of sp³-hybridized carbons (Fsp3) is 0.190. The number of fused-ring (bicyclic) bond motifs is 1. The van der Waals surface area contributed by atoms with E-state index in [1.807, 2.05) is 56.3 Å². The Morgan fingerprint density at radius 2 is 2.04 bits per heavy atom. The number of carbonyl (C=O) groups excluding carboxylic acids is 1. The summed E-state index contributed by atoms with van der Waals surface area (Å²) in [5.41, 5.74) is 5.78. The molecule has 0 aliphatic carbocycles. The SMILES string of the molecule is COc1ccc2nc(Cl)c(/C=N\NC(=O)COc3cc(C)ccc3C)cc2c1. The van der Waals surface area contributed by atoms with E-state index in [0.717, 1.165) is 27.8 Å². The van der Waals surface area contributed by atoms with Crippen molar-refractivity contribution >= 4 is 34.6 Å². The largest absolute Gasteiger partial charge is 0.497 e. The van der Waals surface area contributed by atoms with Crippen LogP contribution in [0.3, 0.4) is 0 Å². The molecule has 6 nitrogen and oxygen atoms in total. The molecule has 144 valence electrons. The first-order valence-corrected chi connectivity index (χ1v) is 9.00. The summed E-state index contributed by atoms with van der Waals surface area (Å²) >= 11 is 6.19. The zero-order chi connectivity index (χ0) is 20.1. The van der Waals surface area contributed by atoms with E-state index in [9.17, 15) is 4.79 Å². The van der Waals surface area contributed by atoms with E-state index in [2.05, 4.69) is 15.5 Å². The van der Waals surface area contributed by atoms with E-state index in [0.29, 0.717) is 16.5 Å². The van der Waals surface area contributed by atoms with Gasteiger partial charge < -0.3 is 9.47 Å². The molecule has 0 aliphatic rings. The standard InChI is InChI=1S/C21H20ClN3O3/c1-13-4-5-14(2)19(8-13)28-12-20(26)25-23-11-16-9-15-10-17(27-3)6-7-18(15)24-21(16)22/h4-11H,12H2,1-3H3,(H,25,26)/b23-11-. The first-order valence-electron chi connectivity index (χ1n) is 8.62. The maximum Gasteiger partial charge on any atom is 0.277 e. The van der Waals surface area contributed by atoms with Gasteiger partial charge in [-0.15, -0.1) is 0 Å². The minimum absolute atomic E-state index is 0.136. The molecule has 0 saturated carbocycles. The van der Waals surface area contributed by atoms with Crippen LogP contribution in [-0.2, 0) is 4.79 Å². The third-order valence-electron chi connectivity index (χ3n) is 4.10. The maximum absolute atomic E-state index is 12.0. The number of nitrogens with zero attached hydrogens (tertiary/aromatic N) is 2. The number of pyridine rings is 1. The number of aromatic nitrogens is 1. The van der Waals surface area contributed by atoms with E-state index in [1.165, 1.54) is 6.21 Å². The Bertz CT molecular complexity index is 1050. The molecular formula is C21H20ClN3O3. The number of hydrazone groups is 1. The number of benzene rings is 2. The molecule has 3 aromatic rings. The molecule has 1 heterocycles. The fourth-order valence-corrected chi connectivity index (χ4v) is 2.77. The number of hydrogen-bond acceptors (Lipinski definition) is 5. The van der Waals surface area contributed by atoms with Crippen LogP contribution in [-0.4, -0.2) is 30.8 Å². The molecule has 2 aromatic carbocycles. The molecule has 0 saturated heterocycles. The van der Waals surface area contributed by atoms with Crippen molar-refractivity contribution in [2.24, 2.45) is 5.10 Å². The molecule has 3 rings (SSSR count). The first-order chi connectivity index (χ1) is 13.5. The molecule has 0 spiro atoms. The van der Waals surface area contributed by atoms with E-state index < -0.39 is 0 Å². The van der Waals surface area contributed by atoms with Crippen molar-refractivity contribution in [1.29, 1.82) is 0 Å². The van der Waals surface area contributed by atoms with Crippen molar-refractivity contribution < 1.29 is 14.3 Å². The molecule has 0 fully saturated rings. The second-order valence-electron chi connectivity index (χ2n) is 6.28. The zero-order valence-corrected chi connectivity index (χ0v) is 16.6. The van der Waals surface area contributed by atoms with Crippen LogP contribution in [0.15, 0.2) is 47.6 Å². The molecule has 1 aromatic heterocycles. The summed E-state index contributed by atoms with van der Waals surface area (Å²) in [4.78, 5) is 16.3. The Morgan fingerprint density at radius 3 is 2.82 bits per heavy atom. The smallest absolute Gasteiger partial charge is 0.277 e. The minimum atomic E-state index is -0.372. The van der Waals surface area contributed by atoms with Crippen molar-refractivity contribution in [3.05, 3.63) is 64.3 Å². The van der Waals surface area contributed by atoms with Gasteiger partial charge in [-0.25, -0.2) is 10.4 Å². The summed E-state index contributed by atoms with van der Waals surface area (Å²) < 4.78 is 10.8. The summed E-state index contributed by atoms with van der Waals surface area (Å²) in [5.74, 6) is 1.02. The van der Waals surface area contributed by atoms with E-state index in [-0.39, 0.29) is 12.5 Å². The lowest BCUT2D eigenvalue weighted by molar-refractivity contribution is -0.123. The van der Waals surface area contributed by atoms with Crippen LogP contribution in [0.2, 0.25) is 5.15 Å². The van der Waals surface area contributed by atoms with Crippen LogP contribution < -0.4 is 14.9 Å². The normalized spacial score (nSPS) is 11.0. The first kappa shape index (κ1) is 19.6. The Morgan fingerprint density at radius 1 is 1.21 bits per heavy atom. The van der Waals surface area contributed by atoms with E-state index in [4.69, 9.17) is 21.1 Å². The monoisotopic (exact) mass is 397 g/mol. The van der Waals surface area contributed by atoms with Crippen LogP contribution >= 0.6 is 11.6 Å². The maximum atomic E-state index is 12.0. The van der Waals surface area contributed by atoms with Gasteiger partial charge in [0.25, 0.3) is 5.91 Å². The van der Waals surface area contributed by atoms with Gasteiger partial charge in [-0.3, -0.25) is 4.79 Å². The topological polar surface area (TPSA) is 72.8 Å². The number of methoxy groups -OCH3 is 1. The Balaban J connectivity index is 1.64. The van der Waals surface area contributed by atoms with Gasteiger partial charge in [0.05, 0.1) is 18.8 Å². The van der Waals surface area contributed by atoms with Crippen LogP contribution in [0, 0.1) is 13.8 Å². The molecule has 0 unspecified atom stereocenters. The highest BCUT2D eigenvalue weighted by Gasteiger charge is 2.06. The van der Waals surface area contributed by atoms with E-state index >= 15 is 0 Å². The molecule has 1 N–H and O–H groups in total. The number of aryl methyl sites for hydroxylation is 2. The van der Waals surface area contributed by atoms with Crippen molar-refractivity contribution in [3.8, 4) is 11.5 Å². The molecule has 7 heteroatoms. The van der Waals surface area contributed by atoms with Gasteiger partial charge in [-0.1, -0.05) is 23.7 Å². The number of nitrogens with one attached hydrogen (secondary N) is 1. The van der Waals surface area contributed by atoms with Gasteiger partial charge in [0.15, 0.2) is 6.61 Å². The molecule has 28 heavy (non-hydrogen) atoms. The summed E-state index contributed by atoms with van der Waals surface area (Å²) in [6.45, 7) is 3.75. The van der Waals surface area contributed by atoms with Gasteiger partial charge in [-0.05, 0) is 55.3 Å². The molecule has 1 amide bonds. The highest BCUT2D eigenvalue weighted by atomic mass is 35.5. The molecular weight excluding hydrogens is 378 g/mol. The van der Waals surface area contributed by atoms with Gasteiger partial charge >= 0.3 is 0 Å². The average molecular weight is 398 g/mol. The lowest BCUT2D eigenvalue weighted by Gasteiger charge is -2.09. The molecule has 0 atom stereocenters. The third-order valence-corrected chi connectivity index (χ3v) is 4.40. The number of amides is 1. The molecule has 0 aliphatic heterocycles. The van der Waals surface area contributed by atoms with Crippen molar-refractivity contribution in [1.82, 2.24) is 10.4 Å². The lowest BCUT2D eigenvalue weighted by Crippen LogP contribution is -2.24. The summed E-state index contributed by atoms with van der Waals surface area (Å²) in [6.07, 6.45) is 1.45. The summed E-state index contributed by atoms with van der Waals surface area (Å²) in [5, 5.41) is 5.09. The Labute approximate surface area is 168 Å². The van der Waals surface area contributed by atoms with E-state index in [1.54, 1.807) is 7.11 Å². The number of hydrogen-bond donors (Lipinski definition) is 1.